The maximum absolute atomic E-state index is 13.2. The third kappa shape index (κ3) is 3.22. The number of anilines is 1. The van der Waals surface area contributed by atoms with E-state index in [1.165, 1.54) is 0 Å². The Labute approximate surface area is 177 Å². The molecule has 3 heterocycles. The second kappa shape index (κ2) is 7.32. The van der Waals surface area contributed by atoms with Gasteiger partial charge in [-0.15, -0.1) is 0 Å². The van der Waals surface area contributed by atoms with Crippen LogP contribution in [-0.2, 0) is 11.8 Å². The summed E-state index contributed by atoms with van der Waals surface area (Å²) in [7, 11) is 3.35. The molecule has 2 aromatic heterocycles. The van der Waals surface area contributed by atoms with Gasteiger partial charge >= 0.3 is 5.63 Å². The van der Waals surface area contributed by atoms with Crippen LogP contribution in [0.15, 0.2) is 70.1 Å². The van der Waals surface area contributed by atoms with Crippen molar-refractivity contribution in [2.75, 3.05) is 12.4 Å². The first kappa shape index (κ1) is 18.9. The minimum absolute atomic E-state index is 0.321. The number of nitrogens with zero attached hydrogens (tertiary/aromatic N) is 2. The molecule has 0 aliphatic carbocycles. The van der Waals surface area contributed by atoms with Gasteiger partial charge in [-0.1, -0.05) is 12.1 Å². The summed E-state index contributed by atoms with van der Waals surface area (Å²) in [5, 5.41) is 7.71. The molecule has 0 radical (unpaired) electrons. The molecule has 1 N–H and O–H groups in total. The van der Waals surface area contributed by atoms with Crippen molar-refractivity contribution >= 4 is 22.6 Å². The van der Waals surface area contributed by atoms with E-state index in [9.17, 15) is 9.59 Å². The van der Waals surface area contributed by atoms with Gasteiger partial charge in [-0.05, 0) is 36.4 Å². The second-order valence-corrected chi connectivity index (χ2v) is 7.31. The van der Waals surface area contributed by atoms with E-state index in [-0.39, 0.29) is 5.91 Å². The summed E-state index contributed by atoms with van der Waals surface area (Å²) in [6, 6.07) is 14.1. The van der Waals surface area contributed by atoms with Crippen molar-refractivity contribution in [2.24, 2.45) is 7.05 Å². The number of methoxy groups -OCH3 is 1. The number of ether oxygens (including phenoxy) is 2. The Hall–Kier alpha value is -4.07. The first-order valence-electron chi connectivity index (χ1n) is 9.71. The van der Waals surface area contributed by atoms with Gasteiger partial charge in [-0.2, -0.15) is 5.10 Å². The lowest BCUT2D eigenvalue weighted by Gasteiger charge is -2.17. The zero-order chi connectivity index (χ0) is 21.5. The first-order valence-corrected chi connectivity index (χ1v) is 9.71. The third-order valence-electron chi connectivity index (χ3n) is 5.36. The maximum atomic E-state index is 13.2. The normalized spacial score (nSPS) is 17.2. The van der Waals surface area contributed by atoms with Crippen LogP contribution < -0.4 is 20.4 Å². The molecule has 2 atom stereocenters. The van der Waals surface area contributed by atoms with Crippen LogP contribution in [0.25, 0.3) is 11.0 Å². The Morgan fingerprint density at radius 2 is 1.94 bits per heavy atom. The van der Waals surface area contributed by atoms with Gasteiger partial charge in [0.2, 0.25) is 0 Å². The van der Waals surface area contributed by atoms with Gasteiger partial charge in [0.05, 0.1) is 30.2 Å². The van der Waals surface area contributed by atoms with Crippen LogP contribution >= 0.6 is 0 Å². The minimum atomic E-state index is -0.963. The van der Waals surface area contributed by atoms with Crippen molar-refractivity contribution in [1.29, 1.82) is 0 Å². The molecule has 8 heteroatoms. The fourth-order valence-electron chi connectivity index (χ4n) is 3.91. The summed E-state index contributed by atoms with van der Waals surface area (Å²) < 4.78 is 18.4. The van der Waals surface area contributed by atoms with E-state index in [0.29, 0.717) is 39.3 Å². The first-order chi connectivity index (χ1) is 15.0. The van der Waals surface area contributed by atoms with Crippen LogP contribution in [0.3, 0.4) is 0 Å². The number of benzene rings is 2. The topological polar surface area (TPSA) is 95.6 Å². The highest BCUT2D eigenvalue weighted by Gasteiger charge is 2.44. The summed E-state index contributed by atoms with van der Waals surface area (Å²) in [5.74, 6) is 0.0249. The van der Waals surface area contributed by atoms with Crippen molar-refractivity contribution < 1.29 is 18.7 Å². The average molecular weight is 417 g/mol. The Morgan fingerprint density at radius 3 is 2.65 bits per heavy atom. The van der Waals surface area contributed by atoms with E-state index in [1.54, 1.807) is 73.7 Å². The number of carbonyl (C=O) groups is 1. The van der Waals surface area contributed by atoms with Gasteiger partial charge in [0.25, 0.3) is 5.91 Å². The van der Waals surface area contributed by atoms with Crippen molar-refractivity contribution in [1.82, 2.24) is 9.78 Å². The molecule has 1 amide bonds. The molecule has 1 aliphatic rings. The third-order valence-corrected chi connectivity index (χ3v) is 5.36. The molecule has 0 saturated carbocycles. The zero-order valence-electron chi connectivity index (χ0n) is 16.9. The van der Waals surface area contributed by atoms with Crippen molar-refractivity contribution in [3.05, 3.63) is 82.5 Å². The number of para-hydroxylation sites is 1. The van der Waals surface area contributed by atoms with Crippen LogP contribution in [0.1, 0.15) is 17.0 Å². The summed E-state index contributed by atoms with van der Waals surface area (Å²) >= 11 is 0. The number of hydrogen-bond acceptors (Lipinski definition) is 6. The molecule has 31 heavy (non-hydrogen) atoms. The smallest absolute Gasteiger partial charge is 0.344 e. The molecule has 5 rings (SSSR count). The highest BCUT2D eigenvalue weighted by molar-refractivity contribution is 5.97. The Balaban J connectivity index is 1.58. The molecule has 0 fully saturated rings. The molecular weight excluding hydrogens is 398 g/mol. The van der Waals surface area contributed by atoms with E-state index in [2.05, 4.69) is 10.4 Å². The number of amides is 1. The molecule has 8 nitrogen and oxygen atoms in total. The Bertz CT molecular complexity index is 1340. The number of hydrogen-bond donors (Lipinski definition) is 1. The van der Waals surface area contributed by atoms with Crippen LogP contribution in [0, 0.1) is 0 Å². The zero-order valence-corrected chi connectivity index (χ0v) is 16.9. The predicted molar refractivity (Wildman–Crippen MR) is 114 cm³/mol. The molecule has 1 aliphatic heterocycles. The van der Waals surface area contributed by atoms with E-state index in [4.69, 9.17) is 13.9 Å². The molecule has 4 aromatic rings. The molecule has 2 aromatic carbocycles. The lowest BCUT2D eigenvalue weighted by Crippen LogP contribution is -2.35. The van der Waals surface area contributed by atoms with Crippen molar-refractivity contribution in [3.8, 4) is 11.5 Å². The summed E-state index contributed by atoms with van der Waals surface area (Å²) in [4.78, 5) is 26.1. The molecule has 2 unspecified atom stereocenters. The molecule has 0 bridgehead atoms. The van der Waals surface area contributed by atoms with Gasteiger partial charge in [0.15, 0.2) is 6.10 Å². The summed E-state index contributed by atoms with van der Waals surface area (Å²) in [6.07, 6.45) is 2.44. The van der Waals surface area contributed by atoms with Gasteiger partial charge in [0, 0.05) is 24.5 Å². The molecule has 156 valence electrons. The largest absolute Gasteiger partial charge is 0.497 e. The maximum Gasteiger partial charge on any atom is 0.344 e. The predicted octanol–water partition coefficient (Wildman–Crippen LogP) is 3.07. The van der Waals surface area contributed by atoms with Crippen LogP contribution in [0.5, 0.6) is 11.5 Å². The number of aromatic nitrogens is 2. The van der Waals surface area contributed by atoms with Gasteiger partial charge in [-0.3, -0.25) is 9.48 Å². The second-order valence-electron chi connectivity index (χ2n) is 7.31. The number of carbonyl (C=O) groups excluding carboxylic acids is 1. The molecule has 0 spiro atoms. The summed E-state index contributed by atoms with van der Waals surface area (Å²) in [5.41, 5.74) is 1.49. The number of aryl methyl sites for hydroxylation is 1. The summed E-state index contributed by atoms with van der Waals surface area (Å²) in [6.45, 7) is 0. The number of fused-ring (bicyclic) bond motifs is 3. The Morgan fingerprint density at radius 1 is 1.16 bits per heavy atom. The van der Waals surface area contributed by atoms with Crippen LogP contribution in [-0.4, -0.2) is 28.9 Å². The fraction of sp³-hybridized carbons (Fsp3) is 0.174. The number of rotatable bonds is 4. The Kier molecular flexibility index (Phi) is 4.47. The van der Waals surface area contributed by atoms with Gasteiger partial charge in [0.1, 0.15) is 17.1 Å². The van der Waals surface area contributed by atoms with E-state index in [1.807, 2.05) is 6.07 Å². The highest BCUT2D eigenvalue weighted by Crippen LogP contribution is 2.44. The van der Waals surface area contributed by atoms with Crippen molar-refractivity contribution in [2.45, 2.75) is 12.0 Å². The monoisotopic (exact) mass is 417 g/mol. The van der Waals surface area contributed by atoms with Gasteiger partial charge in [-0.25, -0.2) is 4.79 Å². The van der Waals surface area contributed by atoms with Crippen molar-refractivity contribution in [3.63, 3.8) is 0 Å². The van der Waals surface area contributed by atoms with Crippen LogP contribution in [0.2, 0.25) is 0 Å². The number of nitrogens with one attached hydrogen (secondary N) is 1. The lowest BCUT2D eigenvalue weighted by molar-refractivity contribution is -0.122. The molecular formula is C23H19N3O5. The van der Waals surface area contributed by atoms with Gasteiger partial charge < -0.3 is 19.2 Å². The minimum Gasteiger partial charge on any atom is -0.497 e. The van der Waals surface area contributed by atoms with E-state index in [0.717, 1.165) is 0 Å². The van der Waals surface area contributed by atoms with Crippen LogP contribution in [0.4, 0.5) is 5.69 Å². The highest BCUT2D eigenvalue weighted by atomic mass is 16.5. The SMILES string of the molecule is COc1ccc(NC(=O)C2Oc3c(c(=O)oc4ccccc34)C2c2cnn(C)c2)cc1. The van der Waals surface area contributed by atoms with E-state index >= 15 is 0 Å². The molecule has 0 saturated heterocycles. The average Bonchev–Trinajstić information content (AvgIpc) is 3.38. The lowest BCUT2D eigenvalue weighted by atomic mass is 9.90. The quantitative estimate of drug-likeness (QED) is 0.513. The fourth-order valence-corrected chi connectivity index (χ4v) is 3.91. The standard InChI is InChI=1S/C23H19N3O5/c1-26-12-13(11-24-26)18-19-20(16-5-3-4-6-17(16)30-23(19)28)31-21(18)22(27)25-14-7-9-15(29-2)10-8-14/h3-12,18,21H,1-2H3,(H,25,27). The van der Waals surface area contributed by atoms with E-state index < -0.39 is 17.6 Å².